The first-order valence-corrected chi connectivity index (χ1v) is 11.1. The highest BCUT2D eigenvalue weighted by Gasteiger charge is 2.24. The number of halogens is 1. The first-order chi connectivity index (χ1) is 16.9. The average Bonchev–Trinajstić information content (AvgIpc) is 3.23. The molecule has 0 saturated carbocycles. The molecule has 0 fully saturated rings. The number of nitrogen functional groups attached to an aromatic ring is 1. The Labute approximate surface area is 207 Å². The van der Waals surface area contributed by atoms with Gasteiger partial charge in [-0.15, -0.1) is 0 Å². The van der Waals surface area contributed by atoms with Crippen LogP contribution in [0.4, 0.5) is 11.6 Å². The number of primary amides is 1. The molecule has 0 saturated heterocycles. The number of aliphatic hydroxyl groups is 1. The molecule has 9 heteroatoms. The van der Waals surface area contributed by atoms with Crippen LogP contribution in [0.3, 0.4) is 0 Å². The molecule has 0 aliphatic carbocycles. The van der Waals surface area contributed by atoms with Crippen molar-refractivity contribution in [3.05, 3.63) is 82.0 Å². The van der Waals surface area contributed by atoms with E-state index in [2.05, 4.69) is 32.1 Å². The van der Waals surface area contributed by atoms with Crippen molar-refractivity contribution >= 4 is 29.1 Å². The SMILES string of the molecule is Cc1ccc(Cl)cc1-c1[nH]c(-c2ccnc(N)n2)c(C#Cc2ccccc2NCCO)c1C(N)=O. The number of hydrogen-bond donors (Lipinski definition) is 5. The van der Waals surface area contributed by atoms with Crippen molar-refractivity contribution in [2.45, 2.75) is 6.92 Å². The van der Waals surface area contributed by atoms with E-state index in [4.69, 9.17) is 23.1 Å². The molecule has 4 aromatic rings. The van der Waals surface area contributed by atoms with Crippen molar-refractivity contribution in [2.24, 2.45) is 5.73 Å². The quantitative estimate of drug-likeness (QED) is 0.263. The second-order valence-electron chi connectivity index (χ2n) is 7.69. The number of aromatic nitrogens is 3. The zero-order valence-electron chi connectivity index (χ0n) is 18.9. The predicted octanol–water partition coefficient (Wildman–Crippen LogP) is 3.59. The fourth-order valence-corrected chi connectivity index (χ4v) is 3.88. The summed E-state index contributed by atoms with van der Waals surface area (Å²) in [4.78, 5) is 24.3. The van der Waals surface area contributed by atoms with E-state index in [1.54, 1.807) is 18.2 Å². The third-order valence-corrected chi connectivity index (χ3v) is 5.56. The number of benzene rings is 2. The number of carbonyl (C=O) groups excluding carboxylic acids is 1. The Bertz CT molecular complexity index is 1470. The number of para-hydroxylation sites is 1. The van der Waals surface area contributed by atoms with E-state index < -0.39 is 5.91 Å². The number of nitrogens with two attached hydrogens (primary N) is 2. The minimum Gasteiger partial charge on any atom is -0.395 e. The number of rotatable bonds is 6. The zero-order chi connectivity index (χ0) is 24.9. The van der Waals surface area contributed by atoms with Crippen LogP contribution in [0.25, 0.3) is 22.6 Å². The summed E-state index contributed by atoms with van der Waals surface area (Å²) in [5.41, 5.74) is 16.8. The molecule has 0 spiro atoms. The molecule has 35 heavy (non-hydrogen) atoms. The van der Waals surface area contributed by atoms with Crippen molar-refractivity contribution in [1.82, 2.24) is 15.0 Å². The Hall–Kier alpha value is -4.32. The number of H-pyrrole nitrogens is 1. The van der Waals surface area contributed by atoms with Gasteiger partial charge < -0.3 is 26.9 Å². The first-order valence-electron chi connectivity index (χ1n) is 10.8. The van der Waals surface area contributed by atoms with Gasteiger partial charge in [0.2, 0.25) is 5.95 Å². The maximum Gasteiger partial charge on any atom is 0.252 e. The Balaban J connectivity index is 1.98. The molecule has 7 N–H and O–H groups in total. The van der Waals surface area contributed by atoms with Crippen molar-refractivity contribution < 1.29 is 9.90 Å². The summed E-state index contributed by atoms with van der Waals surface area (Å²) in [6.07, 6.45) is 1.53. The molecule has 0 atom stereocenters. The molecule has 0 aliphatic rings. The highest BCUT2D eigenvalue weighted by molar-refractivity contribution is 6.31. The molecule has 0 bridgehead atoms. The lowest BCUT2D eigenvalue weighted by molar-refractivity contribution is 0.100. The van der Waals surface area contributed by atoms with Gasteiger partial charge in [-0.2, -0.15) is 0 Å². The molecule has 0 aliphatic heterocycles. The van der Waals surface area contributed by atoms with Crippen LogP contribution in [0.2, 0.25) is 5.02 Å². The third-order valence-electron chi connectivity index (χ3n) is 5.32. The summed E-state index contributed by atoms with van der Waals surface area (Å²) in [6.45, 7) is 2.26. The van der Waals surface area contributed by atoms with Gasteiger partial charge in [0.1, 0.15) is 0 Å². The second-order valence-corrected chi connectivity index (χ2v) is 8.13. The molecule has 2 heterocycles. The monoisotopic (exact) mass is 486 g/mol. The van der Waals surface area contributed by atoms with Crippen LogP contribution in [0.15, 0.2) is 54.7 Å². The number of nitrogens with one attached hydrogen (secondary N) is 2. The summed E-state index contributed by atoms with van der Waals surface area (Å²) in [5, 5.41) is 12.8. The summed E-state index contributed by atoms with van der Waals surface area (Å²) in [5.74, 6) is 5.67. The lowest BCUT2D eigenvalue weighted by Crippen LogP contribution is -2.13. The van der Waals surface area contributed by atoms with E-state index in [1.807, 2.05) is 37.3 Å². The zero-order valence-corrected chi connectivity index (χ0v) is 19.6. The lowest BCUT2D eigenvalue weighted by atomic mass is 9.99. The van der Waals surface area contributed by atoms with Crippen molar-refractivity contribution in [3.8, 4) is 34.5 Å². The van der Waals surface area contributed by atoms with Gasteiger partial charge in [-0.05, 0) is 42.8 Å². The normalized spacial score (nSPS) is 10.5. The molecule has 2 aromatic heterocycles. The molecule has 0 radical (unpaired) electrons. The van der Waals surface area contributed by atoms with Crippen LogP contribution in [0.1, 0.15) is 27.0 Å². The van der Waals surface area contributed by atoms with E-state index in [9.17, 15) is 9.90 Å². The number of amides is 1. The highest BCUT2D eigenvalue weighted by Crippen LogP contribution is 2.35. The summed E-state index contributed by atoms with van der Waals surface area (Å²) >= 11 is 6.26. The number of carbonyl (C=O) groups is 1. The molecular formula is C26H23ClN6O2. The summed E-state index contributed by atoms with van der Waals surface area (Å²) in [6, 6.07) is 14.5. The van der Waals surface area contributed by atoms with E-state index in [-0.39, 0.29) is 18.1 Å². The van der Waals surface area contributed by atoms with Crippen molar-refractivity contribution in [3.63, 3.8) is 0 Å². The summed E-state index contributed by atoms with van der Waals surface area (Å²) in [7, 11) is 0. The number of anilines is 2. The second kappa shape index (κ2) is 10.3. The number of nitrogens with zero attached hydrogens (tertiary/aromatic N) is 2. The Kier molecular flexibility index (Phi) is 7.01. The Morgan fingerprint density at radius 2 is 1.97 bits per heavy atom. The van der Waals surface area contributed by atoms with E-state index in [0.717, 1.165) is 11.3 Å². The minimum atomic E-state index is -0.653. The van der Waals surface area contributed by atoms with Crippen molar-refractivity contribution in [2.75, 3.05) is 24.2 Å². The molecular weight excluding hydrogens is 464 g/mol. The van der Waals surface area contributed by atoms with E-state index in [0.29, 0.717) is 45.3 Å². The molecule has 1 amide bonds. The molecule has 0 unspecified atom stereocenters. The first kappa shape index (κ1) is 23.8. The van der Waals surface area contributed by atoms with Gasteiger partial charge in [-0.25, -0.2) is 9.97 Å². The van der Waals surface area contributed by atoms with Crippen LogP contribution in [-0.4, -0.2) is 39.1 Å². The molecule has 176 valence electrons. The van der Waals surface area contributed by atoms with Crippen LogP contribution in [0, 0.1) is 18.8 Å². The molecule has 4 rings (SSSR count). The highest BCUT2D eigenvalue weighted by atomic mass is 35.5. The Morgan fingerprint density at radius 3 is 2.71 bits per heavy atom. The number of hydrogen-bond acceptors (Lipinski definition) is 6. The Morgan fingerprint density at radius 1 is 1.17 bits per heavy atom. The van der Waals surface area contributed by atoms with Crippen LogP contribution < -0.4 is 16.8 Å². The van der Waals surface area contributed by atoms with Crippen LogP contribution in [-0.2, 0) is 0 Å². The van der Waals surface area contributed by atoms with Gasteiger partial charge in [0.15, 0.2) is 0 Å². The lowest BCUT2D eigenvalue weighted by Gasteiger charge is -2.07. The van der Waals surface area contributed by atoms with Gasteiger partial charge in [-0.1, -0.05) is 41.6 Å². The fourth-order valence-electron chi connectivity index (χ4n) is 3.71. The van der Waals surface area contributed by atoms with Gasteiger partial charge in [-0.3, -0.25) is 4.79 Å². The van der Waals surface area contributed by atoms with Crippen molar-refractivity contribution in [1.29, 1.82) is 0 Å². The summed E-state index contributed by atoms with van der Waals surface area (Å²) < 4.78 is 0. The van der Waals surface area contributed by atoms with E-state index in [1.165, 1.54) is 6.20 Å². The van der Waals surface area contributed by atoms with Gasteiger partial charge >= 0.3 is 0 Å². The average molecular weight is 487 g/mol. The van der Waals surface area contributed by atoms with Crippen LogP contribution >= 0.6 is 11.6 Å². The topological polar surface area (TPSA) is 143 Å². The van der Waals surface area contributed by atoms with Gasteiger partial charge in [0.25, 0.3) is 5.91 Å². The molecule has 8 nitrogen and oxygen atoms in total. The maximum atomic E-state index is 12.7. The largest absolute Gasteiger partial charge is 0.395 e. The number of aryl methyl sites for hydroxylation is 1. The van der Waals surface area contributed by atoms with E-state index >= 15 is 0 Å². The van der Waals surface area contributed by atoms with Gasteiger partial charge in [0, 0.05) is 34.6 Å². The number of aromatic amines is 1. The fraction of sp³-hybridized carbons (Fsp3) is 0.115. The molecule has 2 aromatic carbocycles. The minimum absolute atomic E-state index is 0.0208. The predicted molar refractivity (Wildman–Crippen MR) is 138 cm³/mol. The maximum absolute atomic E-state index is 12.7. The smallest absolute Gasteiger partial charge is 0.252 e. The third kappa shape index (κ3) is 5.11. The number of aliphatic hydroxyl groups excluding tert-OH is 1. The van der Waals surface area contributed by atoms with Crippen LogP contribution in [0.5, 0.6) is 0 Å². The van der Waals surface area contributed by atoms with Gasteiger partial charge in [0.05, 0.1) is 34.8 Å². The standard InChI is InChI=1S/C26H23ClN6O2/c1-15-6-8-17(27)14-19(15)24-22(25(28)35)18(23(33-24)21-10-11-31-26(29)32-21)9-7-16-4-2-3-5-20(16)30-12-13-34/h2-6,8,10-11,14,30,33-34H,12-13H2,1H3,(H2,28,35)(H2,29,31,32).